The average Bonchev–Trinajstić information content (AvgIpc) is 2.67. The van der Waals surface area contributed by atoms with Crippen LogP contribution in [-0.4, -0.2) is 22.3 Å². The minimum absolute atomic E-state index is 0.0836. The van der Waals surface area contributed by atoms with Gasteiger partial charge in [0.1, 0.15) is 5.69 Å². The van der Waals surface area contributed by atoms with Crippen LogP contribution in [0, 0.1) is 16.0 Å². The van der Waals surface area contributed by atoms with Crippen LogP contribution in [0.2, 0.25) is 0 Å². The number of carbonyl (C=O) groups is 1. The number of hydrogen-bond acceptors (Lipinski definition) is 5. The number of nitro groups is 1. The number of anilines is 1. The molecular formula is C12H16N4O3. The molecular weight excluding hydrogens is 248 g/mol. The molecule has 1 fully saturated rings. The first-order chi connectivity index (χ1) is 9.01. The lowest BCUT2D eigenvalue weighted by atomic mass is 10.1. The largest absolute Gasteiger partial charge is 0.338 e. The Balaban J connectivity index is 2.19. The van der Waals surface area contributed by atoms with Gasteiger partial charge in [-0.1, -0.05) is 13.0 Å². The Labute approximate surface area is 110 Å². The highest BCUT2D eigenvalue weighted by Crippen LogP contribution is 2.26. The highest BCUT2D eigenvalue weighted by Gasteiger charge is 2.26. The molecule has 1 aliphatic rings. The predicted octanol–water partition coefficient (Wildman–Crippen LogP) is 1.25. The molecule has 7 heteroatoms. The standard InChI is InChI=1S/C12H16N4O3/c1-8-4-12(17)15(6-8)7-9-2-3-10(14-13)11(5-9)16(18)19/h2-3,5,8,14H,4,6-7,13H2,1H3. The van der Waals surface area contributed by atoms with Gasteiger partial charge < -0.3 is 10.3 Å². The molecule has 102 valence electrons. The van der Waals surface area contributed by atoms with Crippen LogP contribution in [0.3, 0.4) is 0 Å². The smallest absolute Gasteiger partial charge is 0.293 e. The number of carbonyl (C=O) groups excluding carboxylic acids is 1. The number of nitrogen functional groups attached to an aromatic ring is 1. The number of benzene rings is 1. The molecule has 0 aromatic heterocycles. The highest BCUT2D eigenvalue weighted by atomic mass is 16.6. The van der Waals surface area contributed by atoms with Gasteiger partial charge in [0.15, 0.2) is 0 Å². The molecule has 1 aliphatic heterocycles. The van der Waals surface area contributed by atoms with Gasteiger partial charge >= 0.3 is 0 Å². The van der Waals surface area contributed by atoms with E-state index < -0.39 is 4.92 Å². The Kier molecular flexibility index (Phi) is 3.66. The zero-order valence-corrected chi connectivity index (χ0v) is 10.6. The lowest BCUT2D eigenvalue weighted by Gasteiger charge is -2.16. The fourth-order valence-electron chi connectivity index (χ4n) is 2.29. The summed E-state index contributed by atoms with van der Waals surface area (Å²) < 4.78 is 0. The summed E-state index contributed by atoms with van der Waals surface area (Å²) in [7, 11) is 0. The molecule has 0 bridgehead atoms. The monoisotopic (exact) mass is 264 g/mol. The number of nitrogens with two attached hydrogens (primary N) is 1. The molecule has 2 rings (SSSR count). The Morgan fingerprint density at radius 1 is 1.58 bits per heavy atom. The fraction of sp³-hybridized carbons (Fsp3) is 0.417. The van der Waals surface area contributed by atoms with Crippen LogP contribution in [0.25, 0.3) is 0 Å². The van der Waals surface area contributed by atoms with Crippen molar-refractivity contribution in [2.45, 2.75) is 19.9 Å². The Hall–Kier alpha value is -2.15. The lowest BCUT2D eigenvalue weighted by Crippen LogP contribution is -2.24. The number of likely N-dealkylation sites (tertiary alicyclic amines) is 1. The van der Waals surface area contributed by atoms with E-state index in [0.717, 1.165) is 5.56 Å². The van der Waals surface area contributed by atoms with Crippen LogP contribution in [-0.2, 0) is 11.3 Å². The maximum atomic E-state index is 11.7. The van der Waals surface area contributed by atoms with Crippen LogP contribution >= 0.6 is 0 Å². The van der Waals surface area contributed by atoms with Gasteiger partial charge in [0.05, 0.1) is 4.92 Å². The van der Waals surface area contributed by atoms with E-state index in [9.17, 15) is 14.9 Å². The zero-order chi connectivity index (χ0) is 14.0. The van der Waals surface area contributed by atoms with E-state index in [1.165, 1.54) is 6.07 Å². The minimum Gasteiger partial charge on any atom is -0.338 e. The number of nitrogens with one attached hydrogen (secondary N) is 1. The molecule has 0 saturated carbocycles. The van der Waals surface area contributed by atoms with Crippen LogP contribution in [0.15, 0.2) is 18.2 Å². The van der Waals surface area contributed by atoms with Crippen molar-refractivity contribution >= 4 is 17.3 Å². The van der Waals surface area contributed by atoms with Gasteiger partial charge in [0, 0.05) is 25.6 Å². The van der Waals surface area contributed by atoms with Crippen molar-refractivity contribution in [1.29, 1.82) is 0 Å². The molecule has 1 amide bonds. The molecule has 1 unspecified atom stereocenters. The van der Waals surface area contributed by atoms with E-state index in [1.54, 1.807) is 17.0 Å². The molecule has 0 aliphatic carbocycles. The Bertz CT molecular complexity index is 518. The summed E-state index contributed by atoms with van der Waals surface area (Å²) in [6, 6.07) is 4.74. The van der Waals surface area contributed by atoms with Crippen molar-refractivity contribution in [1.82, 2.24) is 4.90 Å². The Morgan fingerprint density at radius 2 is 2.32 bits per heavy atom. The maximum absolute atomic E-state index is 11.7. The van der Waals surface area contributed by atoms with E-state index in [4.69, 9.17) is 5.84 Å². The summed E-state index contributed by atoms with van der Waals surface area (Å²) >= 11 is 0. The molecule has 1 atom stereocenters. The number of hydrazine groups is 1. The minimum atomic E-state index is -0.493. The fourth-order valence-corrected chi connectivity index (χ4v) is 2.29. The van der Waals surface area contributed by atoms with E-state index in [1.807, 2.05) is 6.92 Å². The first kappa shape index (κ1) is 13.3. The summed E-state index contributed by atoms with van der Waals surface area (Å²) in [5.74, 6) is 5.66. The maximum Gasteiger partial charge on any atom is 0.293 e. The molecule has 0 spiro atoms. The molecule has 7 nitrogen and oxygen atoms in total. The van der Waals surface area contributed by atoms with E-state index in [0.29, 0.717) is 25.4 Å². The number of nitro benzene ring substituents is 1. The predicted molar refractivity (Wildman–Crippen MR) is 70.1 cm³/mol. The summed E-state index contributed by atoms with van der Waals surface area (Å²) in [6.07, 6.45) is 0.546. The summed E-state index contributed by atoms with van der Waals surface area (Å²) in [5, 5.41) is 10.9. The first-order valence-electron chi connectivity index (χ1n) is 6.03. The number of nitrogens with zero attached hydrogens (tertiary/aromatic N) is 2. The Morgan fingerprint density at radius 3 is 2.84 bits per heavy atom. The molecule has 1 saturated heterocycles. The van der Waals surface area contributed by atoms with Gasteiger partial charge in [-0.3, -0.25) is 20.8 Å². The second-order valence-corrected chi connectivity index (χ2v) is 4.84. The SMILES string of the molecule is CC1CC(=O)N(Cc2ccc(NN)c([N+](=O)[O-])c2)C1. The third-order valence-electron chi connectivity index (χ3n) is 3.20. The second kappa shape index (κ2) is 5.23. The molecule has 1 aromatic rings. The lowest BCUT2D eigenvalue weighted by molar-refractivity contribution is -0.384. The molecule has 1 heterocycles. The summed E-state index contributed by atoms with van der Waals surface area (Å²) in [4.78, 5) is 23.8. The van der Waals surface area contributed by atoms with Crippen molar-refractivity contribution in [2.24, 2.45) is 11.8 Å². The van der Waals surface area contributed by atoms with Gasteiger partial charge in [-0.2, -0.15) is 0 Å². The summed E-state index contributed by atoms with van der Waals surface area (Å²) in [6.45, 7) is 3.11. The molecule has 1 aromatic carbocycles. The van der Waals surface area contributed by atoms with Crippen molar-refractivity contribution in [2.75, 3.05) is 12.0 Å². The van der Waals surface area contributed by atoms with Gasteiger partial charge in [-0.15, -0.1) is 0 Å². The van der Waals surface area contributed by atoms with E-state index in [2.05, 4.69) is 5.43 Å². The third-order valence-corrected chi connectivity index (χ3v) is 3.20. The first-order valence-corrected chi connectivity index (χ1v) is 6.03. The van der Waals surface area contributed by atoms with Gasteiger partial charge in [0.25, 0.3) is 5.69 Å². The van der Waals surface area contributed by atoms with Gasteiger partial charge in [-0.05, 0) is 17.5 Å². The van der Waals surface area contributed by atoms with Gasteiger partial charge in [0.2, 0.25) is 5.91 Å². The summed E-state index contributed by atoms with van der Waals surface area (Å²) in [5.41, 5.74) is 3.20. The van der Waals surface area contributed by atoms with Crippen molar-refractivity contribution in [3.05, 3.63) is 33.9 Å². The highest BCUT2D eigenvalue weighted by molar-refractivity contribution is 5.78. The van der Waals surface area contributed by atoms with Crippen molar-refractivity contribution in [3.8, 4) is 0 Å². The molecule has 19 heavy (non-hydrogen) atoms. The van der Waals surface area contributed by atoms with E-state index >= 15 is 0 Å². The van der Waals surface area contributed by atoms with Crippen molar-refractivity contribution < 1.29 is 9.72 Å². The molecule has 0 radical (unpaired) electrons. The third kappa shape index (κ3) is 2.82. The van der Waals surface area contributed by atoms with Crippen LogP contribution < -0.4 is 11.3 Å². The van der Waals surface area contributed by atoms with Crippen LogP contribution in [0.5, 0.6) is 0 Å². The van der Waals surface area contributed by atoms with Crippen LogP contribution in [0.4, 0.5) is 11.4 Å². The quantitative estimate of drug-likeness (QED) is 0.484. The molecule has 3 N–H and O–H groups in total. The second-order valence-electron chi connectivity index (χ2n) is 4.84. The normalized spacial score (nSPS) is 18.7. The number of rotatable bonds is 4. The van der Waals surface area contributed by atoms with Gasteiger partial charge in [-0.25, -0.2) is 0 Å². The number of amides is 1. The zero-order valence-electron chi connectivity index (χ0n) is 10.6. The number of hydrogen-bond donors (Lipinski definition) is 2. The van der Waals surface area contributed by atoms with Crippen LogP contribution in [0.1, 0.15) is 18.9 Å². The topological polar surface area (TPSA) is 102 Å². The van der Waals surface area contributed by atoms with E-state index in [-0.39, 0.29) is 17.3 Å². The average molecular weight is 264 g/mol. The van der Waals surface area contributed by atoms with Crippen molar-refractivity contribution in [3.63, 3.8) is 0 Å².